The Balaban J connectivity index is 2.02. The molecule has 0 spiro atoms. The third kappa shape index (κ3) is 2.87. The van der Waals surface area contributed by atoms with Gasteiger partial charge in [0.25, 0.3) is 0 Å². The van der Waals surface area contributed by atoms with Crippen molar-refractivity contribution in [3.05, 3.63) is 0 Å². The minimum atomic E-state index is -0.491. The van der Waals surface area contributed by atoms with Gasteiger partial charge in [-0.05, 0) is 34.1 Å². The Morgan fingerprint density at radius 2 is 1.72 bits per heavy atom. The van der Waals surface area contributed by atoms with Crippen LogP contribution in [0.2, 0.25) is 0 Å². The van der Waals surface area contributed by atoms with Crippen LogP contribution in [0, 0.1) is 5.92 Å². The van der Waals surface area contributed by atoms with Gasteiger partial charge in [-0.1, -0.05) is 13.8 Å². The molecule has 2 rings (SSSR count). The molecule has 4 heteroatoms. The van der Waals surface area contributed by atoms with Gasteiger partial charge in [0.2, 0.25) is 0 Å². The zero-order chi connectivity index (χ0) is 13.6. The molecule has 4 nitrogen and oxygen atoms in total. The fourth-order valence-corrected chi connectivity index (χ4v) is 2.81. The van der Waals surface area contributed by atoms with Crippen LogP contribution in [0.25, 0.3) is 0 Å². The van der Waals surface area contributed by atoms with Crippen molar-refractivity contribution in [1.29, 1.82) is 0 Å². The van der Waals surface area contributed by atoms with Crippen molar-refractivity contribution in [3.8, 4) is 0 Å². The maximum Gasteiger partial charge on any atom is 0.163 e. The second kappa shape index (κ2) is 4.75. The van der Waals surface area contributed by atoms with E-state index in [1.807, 2.05) is 27.7 Å². The average molecular weight is 258 g/mol. The van der Waals surface area contributed by atoms with E-state index in [0.29, 0.717) is 6.61 Å². The van der Waals surface area contributed by atoms with Gasteiger partial charge in [-0.3, -0.25) is 0 Å². The van der Waals surface area contributed by atoms with Crippen molar-refractivity contribution in [2.75, 3.05) is 6.61 Å². The fraction of sp³-hybridized carbons (Fsp3) is 1.00. The van der Waals surface area contributed by atoms with E-state index in [1.165, 1.54) is 0 Å². The van der Waals surface area contributed by atoms with Crippen molar-refractivity contribution in [3.63, 3.8) is 0 Å². The summed E-state index contributed by atoms with van der Waals surface area (Å²) in [6.45, 7) is 12.8. The van der Waals surface area contributed by atoms with E-state index in [4.69, 9.17) is 18.9 Å². The highest BCUT2D eigenvalue weighted by Crippen LogP contribution is 2.37. The maximum absolute atomic E-state index is 6.04. The molecular weight excluding hydrogens is 232 g/mol. The molecule has 0 amide bonds. The van der Waals surface area contributed by atoms with Crippen LogP contribution in [-0.4, -0.2) is 36.5 Å². The molecule has 2 unspecified atom stereocenters. The first-order chi connectivity index (χ1) is 8.24. The first-order valence-corrected chi connectivity index (χ1v) is 6.91. The predicted molar refractivity (Wildman–Crippen MR) is 68.2 cm³/mol. The summed E-state index contributed by atoms with van der Waals surface area (Å²) in [4.78, 5) is 0. The zero-order valence-corrected chi connectivity index (χ0v) is 12.4. The third-order valence-corrected chi connectivity index (χ3v) is 3.76. The first-order valence-electron chi connectivity index (χ1n) is 6.91. The summed E-state index contributed by atoms with van der Waals surface area (Å²) in [5.74, 6) is -0.706. The fourth-order valence-electron chi connectivity index (χ4n) is 2.81. The van der Waals surface area contributed by atoms with Gasteiger partial charge in [0, 0.05) is 5.92 Å². The van der Waals surface area contributed by atoms with Crippen LogP contribution in [-0.2, 0) is 18.9 Å². The summed E-state index contributed by atoms with van der Waals surface area (Å²) in [6, 6.07) is 0. The molecule has 0 radical (unpaired) electrons. The van der Waals surface area contributed by atoms with Gasteiger partial charge in [-0.2, -0.15) is 0 Å². The largest absolute Gasteiger partial charge is 0.348 e. The summed E-state index contributed by atoms with van der Waals surface area (Å²) < 4.78 is 23.5. The smallest absolute Gasteiger partial charge is 0.163 e. The third-order valence-electron chi connectivity index (χ3n) is 3.76. The summed E-state index contributed by atoms with van der Waals surface area (Å²) in [5.41, 5.74) is 0. The molecule has 0 aromatic rings. The average Bonchev–Trinajstić information content (AvgIpc) is 2.77. The molecule has 2 saturated heterocycles. The Morgan fingerprint density at radius 1 is 1.06 bits per heavy atom. The highest BCUT2D eigenvalue weighted by molar-refractivity contribution is 4.89. The zero-order valence-electron chi connectivity index (χ0n) is 12.4. The predicted octanol–water partition coefficient (Wildman–Crippen LogP) is 2.70. The number of ether oxygens (including phenoxy) is 4. The van der Waals surface area contributed by atoms with Gasteiger partial charge in [0.05, 0.1) is 24.9 Å². The lowest BCUT2D eigenvalue weighted by atomic mass is 9.93. The van der Waals surface area contributed by atoms with Gasteiger partial charge < -0.3 is 18.9 Å². The second-order valence-electron chi connectivity index (χ2n) is 6.27. The van der Waals surface area contributed by atoms with Crippen LogP contribution < -0.4 is 0 Å². The molecule has 106 valence electrons. The molecule has 2 fully saturated rings. The minimum Gasteiger partial charge on any atom is -0.348 e. The molecular formula is C14H26O4. The molecule has 2 aliphatic rings. The standard InChI is InChI=1S/C14H26O4/c1-7-10-12(18-14(5,6)16-10)9(2)11-8-15-13(3,4)17-11/h9-12H,7-8H2,1-6H3/t9-,10?,11?,12-/m1/s1. The number of hydrogen-bond acceptors (Lipinski definition) is 4. The Kier molecular flexibility index (Phi) is 3.76. The molecule has 0 N–H and O–H groups in total. The lowest BCUT2D eigenvalue weighted by Crippen LogP contribution is -2.38. The Hall–Kier alpha value is -0.160. The molecule has 0 aromatic carbocycles. The number of rotatable bonds is 3. The summed E-state index contributed by atoms with van der Waals surface area (Å²) in [5, 5.41) is 0. The highest BCUT2D eigenvalue weighted by atomic mass is 16.8. The van der Waals surface area contributed by atoms with Crippen LogP contribution in [0.1, 0.15) is 48.0 Å². The quantitative estimate of drug-likeness (QED) is 0.780. The molecule has 0 bridgehead atoms. The van der Waals surface area contributed by atoms with Crippen LogP contribution in [0.5, 0.6) is 0 Å². The molecule has 18 heavy (non-hydrogen) atoms. The highest BCUT2D eigenvalue weighted by Gasteiger charge is 2.47. The molecule has 0 aromatic heterocycles. The molecule has 0 saturated carbocycles. The lowest BCUT2D eigenvalue weighted by Gasteiger charge is -2.27. The normalized spacial score (nSPS) is 40.0. The van der Waals surface area contributed by atoms with Crippen LogP contribution in [0.4, 0.5) is 0 Å². The van der Waals surface area contributed by atoms with Crippen molar-refractivity contribution < 1.29 is 18.9 Å². The van der Waals surface area contributed by atoms with Gasteiger partial charge >= 0.3 is 0 Å². The van der Waals surface area contributed by atoms with E-state index >= 15 is 0 Å². The van der Waals surface area contributed by atoms with E-state index in [-0.39, 0.29) is 24.2 Å². The van der Waals surface area contributed by atoms with Crippen LogP contribution >= 0.6 is 0 Å². The van der Waals surface area contributed by atoms with Crippen molar-refractivity contribution >= 4 is 0 Å². The molecule has 2 aliphatic heterocycles. The Morgan fingerprint density at radius 3 is 2.22 bits per heavy atom. The van der Waals surface area contributed by atoms with E-state index < -0.39 is 11.6 Å². The Bertz CT molecular complexity index is 300. The maximum atomic E-state index is 6.04. The SMILES string of the molecule is CCC1OC(C)(C)O[C@@H]1[C@H](C)C1COC(C)(C)O1. The Labute approximate surface area is 110 Å². The molecule has 0 aliphatic carbocycles. The van der Waals surface area contributed by atoms with Crippen molar-refractivity contribution in [2.24, 2.45) is 5.92 Å². The summed E-state index contributed by atoms with van der Waals surface area (Å²) in [7, 11) is 0. The van der Waals surface area contributed by atoms with E-state index in [0.717, 1.165) is 6.42 Å². The van der Waals surface area contributed by atoms with E-state index in [2.05, 4.69) is 13.8 Å². The minimum absolute atomic E-state index is 0.0764. The monoisotopic (exact) mass is 258 g/mol. The van der Waals surface area contributed by atoms with Crippen molar-refractivity contribution in [1.82, 2.24) is 0 Å². The molecule has 2 heterocycles. The van der Waals surface area contributed by atoms with Gasteiger partial charge in [-0.25, -0.2) is 0 Å². The molecule has 4 atom stereocenters. The topological polar surface area (TPSA) is 36.9 Å². The second-order valence-corrected chi connectivity index (χ2v) is 6.27. The van der Waals surface area contributed by atoms with Gasteiger partial charge in [0.1, 0.15) is 0 Å². The van der Waals surface area contributed by atoms with E-state index in [9.17, 15) is 0 Å². The lowest BCUT2D eigenvalue weighted by molar-refractivity contribution is -0.165. The number of hydrogen-bond donors (Lipinski definition) is 0. The van der Waals surface area contributed by atoms with Gasteiger partial charge in [-0.15, -0.1) is 0 Å². The summed E-state index contributed by atoms with van der Waals surface area (Å²) >= 11 is 0. The van der Waals surface area contributed by atoms with E-state index in [1.54, 1.807) is 0 Å². The first kappa shape index (κ1) is 14.3. The van der Waals surface area contributed by atoms with Crippen LogP contribution in [0.3, 0.4) is 0 Å². The van der Waals surface area contributed by atoms with Gasteiger partial charge in [0.15, 0.2) is 11.6 Å². The van der Waals surface area contributed by atoms with Crippen molar-refractivity contribution in [2.45, 2.75) is 77.8 Å². The van der Waals surface area contributed by atoms with Crippen LogP contribution in [0.15, 0.2) is 0 Å². The summed E-state index contributed by atoms with van der Waals surface area (Å²) in [6.07, 6.45) is 1.25.